The summed E-state index contributed by atoms with van der Waals surface area (Å²) in [5, 5.41) is 12.7. The van der Waals surface area contributed by atoms with E-state index in [1.54, 1.807) is 22.0 Å². The molecule has 280 valence electrons. The summed E-state index contributed by atoms with van der Waals surface area (Å²) in [7, 11) is 0. The molecule has 7 atom stereocenters. The Morgan fingerprint density at radius 2 is 1.77 bits per heavy atom. The maximum atomic E-state index is 14.9. The van der Waals surface area contributed by atoms with Gasteiger partial charge < -0.3 is 34.6 Å². The highest BCUT2D eigenvalue weighted by Gasteiger charge is 2.76. The van der Waals surface area contributed by atoms with Crippen molar-refractivity contribution in [1.82, 2.24) is 10.2 Å². The van der Waals surface area contributed by atoms with Crippen LogP contribution in [0.4, 0.5) is 11.4 Å². The molecule has 2 aromatic carbocycles. The van der Waals surface area contributed by atoms with Crippen LogP contribution in [-0.2, 0) is 28.7 Å². The molecule has 2 bridgehead atoms. The Labute approximate surface area is 315 Å². The molecule has 2 N–H and O–H groups in total. The highest BCUT2D eigenvalue weighted by molar-refractivity contribution is 9.09. The van der Waals surface area contributed by atoms with Gasteiger partial charge in [0.1, 0.15) is 18.2 Å². The smallest absolute Gasteiger partial charge is 0.306 e. The third-order valence-electron chi connectivity index (χ3n) is 10.5. The van der Waals surface area contributed by atoms with E-state index in [0.717, 1.165) is 24.3 Å². The lowest BCUT2D eigenvalue weighted by Crippen LogP contribution is -2.57. The predicted octanol–water partition coefficient (Wildman–Crippen LogP) is 4.94. The molecule has 0 saturated carbocycles. The second-order valence-electron chi connectivity index (χ2n) is 13.5. The normalized spacial score (nSPS) is 25.0. The monoisotopic (exact) mass is 778 g/mol. The molecule has 3 saturated heterocycles. The quantitative estimate of drug-likeness (QED) is 0.0889. The molecular weight excluding hydrogens is 728 g/mol. The number of alkyl halides is 1. The van der Waals surface area contributed by atoms with Crippen molar-refractivity contribution in [2.75, 3.05) is 49.2 Å². The number of nitrogens with one attached hydrogen (secondary N) is 1. The lowest BCUT2D eigenvalue weighted by atomic mass is 9.70. The summed E-state index contributed by atoms with van der Waals surface area (Å²) in [6.45, 7) is 13.7. The Morgan fingerprint density at radius 3 is 2.40 bits per heavy atom. The van der Waals surface area contributed by atoms with Gasteiger partial charge in [-0.2, -0.15) is 0 Å². The third kappa shape index (κ3) is 7.84. The largest absolute Gasteiger partial charge is 0.463 e. The lowest BCUT2D eigenvalue weighted by Gasteiger charge is -2.37. The molecule has 0 aromatic heterocycles. The number of hydrogen-bond acceptors (Lipinski definition) is 8. The lowest BCUT2D eigenvalue weighted by molar-refractivity contribution is -0.145. The predicted molar refractivity (Wildman–Crippen MR) is 204 cm³/mol. The molecule has 3 aliphatic heterocycles. The van der Waals surface area contributed by atoms with Crippen LogP contribution in [0.15, 0.2) is 79.9 Å². The number of aliphatic hydroxyl groups is 1. The minimum absolute atomic E-state index is 0.0528. The van der Waals surface area contributed by atoms with Crippen LogP contribution in [-0.4, -0.2) is 95.7 Å². The maximum absolute atomic E-state index is 14.9. The molecule has 1 spiro atoms. The second-order valence-corrected chi connectivity index (χ2v) is 14.7. The summed E-state index contributed by atoms with van der Waals surface area (Å²) < 4.78 is 12.3. The number of unbranched alkanes of at least 4 members (excludes halogenated alkanes) is 1. The number of ether oxygens (including phenoxy) is 2. The fraction of sp³-hybridized carbons (Fsp3) is 0.500. The summed E-state index contributed by atoms with van der Waals surface area (Å²) in [6, 6.07) is 15.3. The number of carbonyl (C=O) groups is 4. The van der Waals surface area contributed by atoms with Crippen LogP contribution >= 0.6 is 15.9 Å². The zero-order valence-electron chi connectivity index (χ0n) is 30.1. The third-order valence-corrected chi connectivity index (χ3v) is 11.3. The van der Waals surface area contributed by atoms with Crippen LogP contribution in [0, 0.1) is 11.8 Å². The van der Waals surface area contributed by atoms with E-state index in [1.165, 1.54) is 0 Å². The van der Waals surface area contributed by atoms with Crippen LogP contribution in [0.5, 0.6) is 0 Å². The highest BCUT2D eigenvalue weighted by atomic mass is 79.9. The summed E-state index contributed by atoms with van der Waals surface area (Å²) in [4.78, 5) is 61.5. The van der Waals surface area contributed by atoms with Crippen molar-refractivity contribution in [2.24, 2.45) is 11.8 Å². The molecule has 3 heterocycles. The minimum Gasteiger partial charge on any atom is -0.463 e. The molecule has 1 unspecified atom stereocenters. The van der Waals surface area contributed by atoms with E-state index >= 15 is 0 Å². The van der Waals surface area contributed by atoms with E-state index in [2.05, 4.69) is 53.2 Å². The highest BCUT2D eigenvalue weighted by Crippen LogP contribution is 2.60. The topological polar surface area (TPSA) is 129 Å². The van der Waals surface area contributed by atoms with Gasteiger partial charge in [0, 0.05) is 55.4 Å². The molecule has 3 aliphatic rings. The van der Waals surface area contributed by atoms with Crippen molar-refractivity contribution >= 4 is 51.0 Å². The summed E-state index contributed by atoms with van der Waals surface area (Å²) in [5.74, 6) is -3.28. The summed E-state index contributed by atoms with van der Waals surface area (Å²) in [5.41, 5.74) is 1.17. The standard InChI is InChI=1S/C40H51BrN4O7/c1-5-9-17-32(47)51-26-31(27-15-11-10-12-16-27)42-37(48)33-34-38(49)45(23-13-14-24-46)36(40(34)25-30(41)35(33)52-40)39(50)44(22-6-2)29-20-18-28(19-21-29)43(7-3)8-4/h5-6,10-12,15-16,18-21,30-31,33-36,46H,1-2,7-9,13-14,17,22-26H2,3-4H3,(H,42,48)/t30?,31-,33-,34+,35-,36-,40+/m0/s1. The second kappa shape index (κ2) is 17.7. The number of halogens is 1. The Balaban J connectivity index is 1.47. The van der Waals surface area contributed by atoms with Gasteiger partial charge in [-0.3, -0.25) is 19.2 Å². The van der Waals surface area contributed by atoms with Gasteiger partial charge in [-0.1, -0.05) is 58.4 Å². The first kappa shape index (κ1) is 39.2. The van der Waals surface area contributed by atoms with Gasteiger partial charge in [0.15, 0.2) is 0 Å². The Hall–Kier alpha value is -4.00. The van der Waals surface area contributed by atoms with E-state index < -0.39 is 47.5 Å². The van der Waals surface area contributed by atoms with Crippen LogP contribution < -0.4 is 15.1 Å². The number of likely N-dealkylation sites (tertiary alicyclic amines) is 1. The number of amides is 3. The first-order valence-corrected chi connectivity index (χ1v) is 19.2. The summed E-state index contributed by atoms with van der Waals surface area (Å²) in [6.07, 6.45) is 4.55. The number of hydrogen-bond donors (Lipinski definition) is 2. The molecule has 0 aliphatic carbocycles. The fourth-order valence-electron chi connectivity index (χ4n) is 8.02. The number of aliphatic hydroxyl groups excluding tert-OH is 1. The number of nitrogens with zero attached hydrogens (tertiary/aromatic N) is 3. The molecule has 12 heteroatoms. The maximum Gasteiger partial charge on any atom is 0.306 e. The number of benzene rings is 2. The molecule has 5 rings (SSSR count). The Morgan fingerprint density at radius 1 is 1.08 bits per heavy atom. The van der Waals surface area contributed by atoms with Crippen molar-refractivity contribution in [3.05, 3.63) is 85.5 Å². The first-order valence-electron chi connectivity index (χ1n) is 18.3. The Bertz CT molecular complexity index is 1590. The number of esters is 1. The number of rotatable bonds is 19. The van der Waals surface area contributed by atoms with Gasteiger partial charge in [0.25, 0.3) is 5.91 Å². The molecule has 0 radical (unpaired) electrons. The van der Waals surface area contributed by atoms with Crippen LogP contribution in [0.2, 0.25) is 0 Å². The van der Waals surface area contributed by atoms with Crippen LogP contribution in [0.25, 0.3) is 0 Å². The fourth-order valence-corrected chi connectivity index (χ4v) is 8.96. The minimum atomic E-state index is -1.27. The van der Waals surface area contributed by atoms with Gasteiger partial charge in [-0.25, -0.2) is 0 Å². The average molecular weight is 780 g/mol. The van der Waals surface area contributed by atoms with Gasteiger partial charge in [-0.05, 0) is 69.4 Å². The van der Waals surface area contributed by atoms with E-state index in [9.17, 15) is 24.3 Å². The number of anilines is 2. The number of fused-ring (bicyclic) bond motifs is 1. The molecule has 11 nitrogen and oxygen atoms in total. The van der Waals surface area contributed by atoms with Crippen LogP contribution in [0.3, 0.4) is 0 Å². The molecule has 3 fully saturated rings. The first-order chi connectivity index (χ1) is 25.1. The van der Waals surface area contributed by atoms with Crippen molar-refractivity contribution in [3.63, 3.8) is 0 Å². The van der Waals surface area contributed by atoms with Crippen molar-refractivity contribution in [3.8, 4) is 0 Å². The van der Waals surface area contributed by atoms with Crippen LogP contribution in [0.1, 0.15) is 57.6 Å². The molecule has 3 amide bonds. The Kier molecular flexibility index (Phi) is 13.3. The van der Waals surface area contributed by atoms with Gasteiger partial charge in [-0.15, -0.1) is 13.2 Å². The van der Waals surface area contributed by atoms with E-state index in [-0.39, 0.29) is 49.4 Å². The molecule has 2 aromatic rings. The van der Waals surface area contributed by atoms with Crippen molar-refractivity contribution in [1.29, 1.82) is 0 Å². The summed E-state index contributed by atoms with van der Waals surface area (Å²) >= 11 is 3.76. The van der Waals surface area contributed by atoms with Gasteiger partial charge in [0.05, 0.1) is 24.0 Å². The van der Waals surface area contributed by atoms with Gasteiger partial charge in [0.2, 0.25) is 11.8 Å². The van der Waals surface area contributed by atoms with Crippen molar-refractivity contribution < 1.29 is 33.8 Å². The van der Waals surface area contributed by atoms with E-state index in [4.69, 9.17) is 9.47 Å². The van der Waals surface area contributed by atoms with E-state index in [0.29, 0.717) is 31.4 Å². The average Bonchev–Trinajstić information content (AvgIpc) is 3.75. The zero-order chi connectivity index (χ0) is 37.4. The SMILES string of the molecule is C=CCCC(=O)OC[C@H](NC(=O)[C@@H]1[C@H]2O[C@@]3(CC2Br)[C@H](C(=O)N(CC=C)c2ccc(N(CC)CC)cc2)N(CCCCO)C(=O)[C@@H]13)c1ccccc1. The van der Waals surface area contributed by atoms with Crippen molar-refractivity contribution in [2.45, 2.75) is 74.6 Å². The number of carbonyl (C=O) groups excluding carboxylic acids is 4. The van der Waals surface area contributed by atoms with Gasteiger partial charge >= 0.3 is 5.97 Å². The molecule has 52 heavy (non-hydrogen) atoms. The van der Waals surface area contributed by atoms with E-state index in [1.807, 2.05) is 54.6 Å². The zero-order valence-corrected chi connectivity index (χ0v) is 31.7. The number of allylic oxidation sites excluding steroid dienone is 1. The molecular formula is C40H51BrN4O7.